The molecule has 4 heteroatoms. The second kappa shape index (κ2) is 6.29. The Balaban J connectivity index is 2.74. The van der Waals surface area contributed by atoms with Gasteiger partial charge in [-0.3, -0.25) is 4.79 Å². The molecular weight excluding hydrogens is 286 g/mol. The highest BCUT2D eigenvalue weighted by molar-refractivity contribution is 6.02. The molecule has 0 fully saturated rings. The van der Waals surface area contributed by atoms with Crippen LogP contribution in [0.15, 0.2) is 24.3 Å². The molecule has 1 atom stereocenters. The van der Waals surface area contributed by atoms with Crippen molar-refractivity contribution in [2.24, 2.45) is 11.7 Å². The van der Waals surface area contributed by atoms with Crippen LogP contribution in [0.1, 0.15) is 54.1 Å². The molecular formula is C19H23N3O. The zero-order chi connectivity index (χ0) is 17.3. The van der Waals surface area contributed by atoms with E-state index in [1.165, 1.54) is 0 Å². The fourth-order valence-electron chi connectivity index (χ4n) is 3.13. The van der Waals surface area contributed by atoms with E-state index in [4.69, 9.17) is 11.0 Å². The Bertz CT molecular complexity index is 776. The monoisotopic (exact) mass is 309 g/mol. The lowest BCUT2D eigenvalue weighted by molar-refractivity contribution is 0.1000. The van der Waals surface area contributed by atoms with Crippen molar-refractivity contribution in [3.05, 3.63) is 46.8 Å². The minimum absolute atomic E-state index is 0.264. The number of aromatic nitrogens is 1. The third-order valence-electron chi connectivity index (χ3n) is 4.62. The van der Waals surface area contributed by atoms with Gasteiger partial charge in [0.05, 0.1) is 17.2 Å². The molecule has 1 heterocycles. The second-order valence-electron chi connectivity index (χ2n) is 6.33. The normalized spacial score (nSPS) is 12.2. The highest BCUT2D eigenvalue weighted by atomic mass is 16.1. The van der Waals surface area contributed by atoms with E-state index in [0.29, 0.717) is 17.0 Å². The van der Waals surface area contributed by atoms with Gasteiger partial charge in [0, 0.05) is 23.0 Å². The van der Waals surface area contributed by atoms with Gasteiger partial charge in [0.15, 0.2) is 0 Å². The molecule has 23 heavy (non-hydrogen) atoms. The standard InChI is InChI=1S/C19H23N3O/c1-11(2)12(3)22-13(4)17(18(14(22)5)19(21)23)16-8-6-15(10-20)7-9-16/h6-9,11-12H,1-5H3,(H2,21,23). The Morgan fingerprint density at radius 3 is 2.13 bits per heavy atom. The number of nitrogens with zero attached hydrogens (tertiary/aromatic N) is 2. The van der Waals surface area contributed by atoms with Crippen molar-refractivity contribution in [3.63, 3.8) is 0 Å². The van der Waals surface area contributed by atoms with Crippen LogP contribution in [-0.2, 0) is 0 Å². The molecule has 0 aliphatic heterocycles. The minimum Gasteiger partial charge on any atom is -0.366 e. The Morgan fingerprint density at radius 1 is 1.13 bits per heavy atom. The van der Waals surface area contributed by atoms with Crippen LogP contribution in [0.25, 0.3) is 11.1 Å². The van der Waals surface area contributed by atoms with E-state index in [0.717, 1.165) is 22.5 Å². The Morgan fingerprint density at radius 2 is 1.70 bits per heavy atom. The van der Waals surface area contributed by atoms with Crippen molar-refractivity contribution in [1.29, 1.82) is 5.26 Å². The average molecular weight is 309 g/mol. The highest BCUT2D eigenvalue weighted by Crippen LogP contribution is 2.35. The molecule has 1 aromatic carbocycles. The van der Waals surface area contributed by atoms with Crippen LogP contribution in [0.2, 0.25) is 0 Å². The van der Waals surface area contributed by atoms with Crippen molar-refractivity contribution >= 4 is 5.91 Å². The molecule has 0 bridgehead atoms. The van der Waals surface area contributed by atoms with Gasteiger partial charge in [-0.15, -0.1) is 0 Å². The third-order valence-corrected chi connectivity index (χ3v) is 4.62. The van der Waals surface area contributed by atoms with Crippen LogP contribution >= 0.6 is 0 Å². The number of carbonyl (C=O) groups is 1. The molecule has 0 spiro atoms. The number of hydrogen-bond acceptors (Lipinski definition) is 2. The lowest BCUT2D eigenvalue weighted by atomic mass is 9.99. The largest absolute Gasteiger partial charge is 0.366 e. The van der Waals surface area contributed by atoms with Gasteiger partial charge in [-0.05, 0) is 44.4 Å². The third kappa shape index (κ3) is 2.87. The first-order valence-electron chi connectivity index (χ1n) is 7.81. The number of hydrogen-bond donors (Lipinski definition) is 1. The first-order valence-corrected chi connectivity index (χ1v) is 7.81. The molecule has 0 saturated carbocycles. The topological polar surface area (TPSA) is 71.8 Å². The fraction of sp³-hybridized carbons (Fsp3) is 0.368. The molecule has 0 saturated heterocycles. The number of rotatable bonds is 4. The van der Waals surface area contributed by atoms with Gasteiger partial charge in [-0.25, -0.2) is 0 Å². The van der Waals surface area contributed by atoms with Crippen LogP contribution in [0, 0.1) is 31.1 Å². The summed E-state index contributed by atoms with van der Waals surface area (Å²) >= 11 is 0. The summed E-state index contributed by atoms with van der Waals surface area (Å²) in [6, 6.07) is 9.64. The summed E-state index contributed by atoms with van der Waals surface area (Å²) in [5, 5.41) is 8.95. The molecule has 120 valence electrons. The van der Waals surface area contributed by atoms with Crippen LogP contribution < -0.4 is 5.73 Å². The molecule has 0 aliphatic carbocycles. The van der Waals surface area contributed by atoms with Gasteiger partial charge < -0.3 is 10.3 Å². The first-order chi connectivity index (χ1) is 10.8. The highest BCUT2D eigenvalue weighted by Gasteiger charge is 2.25. The number of primary amides is 1. The zero-order valence-electron chi connectivity index (χ0n) is 14.3. The molecule has 1 amide bonds. The first kappa shape index (κ1) is 16.8. The molecule has 1 aromatic heterocycles. The van der Waals surface area contributed by atoms with Crippen LogP contribution in [-0.4, -0.2) is 10.5 Å². The van der Waals surface area contributed by atoms with E-state index in [-0.39, 0.29) is 6.04 Å². The number of nitrogens with two attached hydrogens (primary N) is 1. The summed E-state index contributed by atoms with van der Waals surface area (Å²) in [5.74, 6) is 0.0222. The molecule has 0 radical (unpaired) electrons. The lowest BCUT2D eigenvalue weighted by Crippen LogP contribution is -2.16. The quantitative estimate of drug-likeness (QED) is 0.928. The molecule has 1 unspecified atom stereocenters. The molecule has 2 N–H and O–H groups in total. The summed E-state index contributed by atoms with van der Waals surface area (Å²) in [5.41, 5.74) is 10.5. The van der Waals surface area contributed by atoms with Crippen LogP contribution in [0.5, 0.6) is 0 Å². The van der Waals surface area contributed by atoms with Gasteiger partial charge in [-0.2, -0.15) is 5.26 Å². The predicted molar refractivity (Wildman–Crippen MR) is 92.1 cm³/mol. The predicted octanol–water partition coefficient (Wildman–Crippen LogP) is 3.96. The summed E-state index contributed by atoms with van der Waals surface area (Å²) in [4.78, 5) is 12.1. The zero-order valence-corrected chi connectivity index (χ0v) is 14.3. The summed E-state index contributed by atoms with van der Waals surface area (Å²) in [7, 11) is 0. The molecule has 0 aliphatic rings. The second-order valence-corrected chi connectivity index (χ2v) is 6.33. The van der Waals surface area contributed by atoms with E-state index in [9.17, 15) is 4.79 Å². The number of nitriles is 1. The number of benzene rings is 1. The number of amides is 1. The smallest absolute Gasteiger partial charge is 0.251 e. The SMILES string of the molecule is Cc1c(C(N)=O)c(-c2ccc(C#N)cc2)c(C)n1C(C)C(C)C. The van der Waals surface area contributed by atoms with E-state index in [1.54, 1.807) is 12.1 Å². The van der Waals surface area contributed by atoms with Gasteiger partial charge >= 0.3 is 0 Å². The van der Waals surface area contributed by atoms with E-state index < -0.39 is 5.91 Å². The van der Waals surface area contributed by atoms with E-state index >= 15 is 0 Å². The summed E-state index contributed by atoms with van der Waals surface area (Å²) in [6.45, 7) is 10.4. The molecule has 4 nitrogen and oxygen atoms in total. The van der Waals surface area contributed by atoms with Crippen molar-refractivity contribution < 1.29 is 4.79 Å². The maximum atomic E-state index is 12.1. The number of carbonyl (C=O) groups excluding carboxylic acids is 1. The van der Waals surface area contributed by atoms with Crippen molar-refractivity contribution in [1.82, 2.24) is 4.57 Å². The Hall–Kier alpha value is -2.54. The fourth-order valence-corrected chi connectivity index (χ4v) is 3.13. The van der Waals surface area contributed by atoms with Crippen molar-refractivity contribution in [2.45, 2.75) is 40.7 Å². The van der Waals surface area contributed by atoms with Crippen LogP contribution in [0.3, 0.4) is 0 Å². The van der Waals surface area contributed by atoms with Gasteiger partial charge in [0.2, 0.25) is 0 Å². The maximum Gasteiger partial charge on any atom is 0.251 e. The Labute approximate surface area is 137 Å². The average Bonchev–Trinajstić information content (AvgIpc) is 2.77. The van der Waals surface area contributed by atoms with E-state index in [2.05, 4.69) is 31.4 Å². The summed E-state index contributed by atoms with van der Waals surface area (Å²) in [6.07, 6.45) is 0. The Kier molecular flexibility index (Phi) is 4.60. The van der Waals surface area contributed by atoms with Crippen LogP contribution in [0.4, 0.5) is 0 Å². The maximum absolute atomic E-state index is 12.1. The van der Waals surface area contributed by atoms with Crippen molar-refractivity contribution in [3.8, 4) is 17.2 Å². The minimum atomic E-state index is -0.417. The molecule has 2 aromatic rings. The molecule has 2 rings (SSSR count). The summed E-state index contributed by atoms with van der Waals surface area (Å²) < 4.78 is 2.19. The van der Waals surface area contributed by atoms with Gasteiger partial charge in [0.1, 0.15) is 0 Å². The van der Waals surface area contributed by atoms with E-state index in [1.807, 2.05) is 26.0 Å². The van der Waals surface area contributed by atoms with Crippen molar-refractivity contribution in [2.75, 3.05) is 0 Å². The van der Waals surface area contributed by atoms with Gasteiger partial charge in [0.25, 0.3) is 5.91 Å². The lowest BCUT2D eigenvalue weighted by Gasteiger charge is -2.22. The van der Waals surface area contributed by atoms with Gasteiger partial charge in [-0.1, -0.05) is 26.0 Å².